The topological polar surface area (TPSA) is 56.0 Å². The Balaban J connectivity index is 1.66. The Labute approximate surface area is 154 Å². The van der Waals surface area contributed by atoms with Crippen molar-refractivity contribution in [2.24, 2.45) is 0 Å². The van der Waals surface area contributed by atoms with Crippen LogP contribution in [0.25, 0.3) is 11.0 Å². The summed E-state index contributed by atoms with van der Waals surface area (Å²) in [6.45, 7) is 7.13. The molecule has 25 heavy (non-hydrogen) atoms. The molecule has 6 nitrogen and oxygen atoms in total. The van der Waals surface area contributed by atoms with Gasteiger partial charge in [-0.25, -0.2) is 9.67 Å². The Morgan fingerprint density at radius 1 is 1.20 bits per heavy atom. The van der Waals surface area contributed by atoms with Gasteiger partial charge in [0, 0.05) is 30.1 Å². The van der Waals surface area contributed by atoms with Gasteiger partial charge in [0.15, 0.2) is 5.65 Å². The van der Waals surface area contributed by atoms with E-state index in [4.69, 9.17) is 4.98 Å². The van der Waals surface area contributed by atoms with E-state index in [0.29, 0.717) is 24.1 Å². The molecule has 2 aromatic heterocycles. The van der Waals surface area contributed by atoms with Gasteiger partial charge in [-0.3, -0.25) is 14.3 Å². The van der Waals surface area contributed by atoms with Gasteiger partial charge in [0.1, 0.15) is 11.2 Å². The molecular formula is C18H20BrN5O. The van der Waals surface area contributed by atoms with Crippen molar-refractivity contribution in [1.29, 1.82) is 0 Å². The van der Waals surface area contributed by atoms with Crippen LogP contribution in [-0.2, 0) is 19.6 Å². The predicted molar refractivity (Wildman–Crippen MR) is 100 cm³/mol. The second kappa shape index (κ2) is 6.38. The van der Waals surface area contributed by atoms with E-state index >= 15 is 0 Å². The summed E-state index contributed by atoms with van der Waals surface area (Å²) in [7, 11) is 0. The van der Waals surface area contributed by atoms with Crippen LogP contribution in [0.1, 0.15) is 31.3 Å². The quantitative estimate of drug-likeness (QED) is 0.676. The smallest absolute Gasteiger partial charge is 0.264 e. The molecule has 0 spiro atoms. The minimum atomic E-state index is 0.0233. The van der Waals surface area contributed by atoms with Gasteiger partial charge in [-0.2, -0.15) is 5.10 Å². The number of hydrogen-bond donors (Lipinski definition) is 0. The van der Waals surface area contributed by atoms with Crippen LogP contribution in [0.4, 0.5) is 0 Å². The van der Waals surface area contributed by atoms with E-state index in [9.17, 15) is 4.79 Å². The first kappa shape index (κ1) is 16.5. The monoisotopic (exact) mass is 401 g/mol. The number of aromatic nitrogens is 4. The molecule has 0 saturated heterocycles. The van der Waals surface area contributed by atoms with Crippen LogP contribution in [0.15, 0.2) is 39.7 Å². The summed E-state index contributed by atoms with van der Waals surface area (Å²) in [6, 6.07) is 8.53. The lowest BCUT2D eigenvalue weighted by Crippen LogP contribution is -2.39. The lowest BCUT2D eigenvalue weighted by atomic mass is 10.2. The fourth-order valence-corrected chi connectivity index (χ4v) is 3.56. The fraction of sp³-hybridized carbons (Fsp3) is 0.389. The maximum absolute atomic E-state index is 12.8. The number of nitrogens with zero attached hydrogens (tertiary/aromatic N) is 5. The average molecular weight is 402 g/mol. The number of fused-ring (bicyclic) bond motifs is 2. The van der Waals surface area contributed by atoms with Gasteiger partial charge in [0.05, 0.1) is 12.7 Å². The number of halogens is 1. The van der Waals surface area contributed by atoms with Gasteiger partial charge < -0.3 is 0 Å². The van der Waals surface area contributed by atoms with E-state index in [1.807, 2.05) is 18.5 Å². The van der Waals surface area contributed by atoms with Crippen LogP contribution in [0, 0.1) is 0 Å². The van der Waals surface area contributed by atoms with E-state index in [-0.39, 0.29) is 11.6 Å². The molecule has 1 aliphatic rings. The van der Waals surface area contributed by atoms with Gasteiger partial charge in [-0.05, 0) is 31.5 Å². The maximum atomic E-state index is 12.8. The molecule has 0 atom stereocenters. The van der Waals surface area contributed by atoms with Gasteiger partial charge in [0.25, 0.3) is 5.56 Å². The molecule has 0 aliphatic carbocycles. The van der Waals surface area contributed by atoms with E-state index < -0.39 is 0 Å². The average Bonchev–Trinajstić information content (AvgIpc) is 3.01. The zero-order valence-corrected chi connectivity index (χ0v) is 15.9. The van der Waals surface area contributed by atoms with E-state index in [1.165, 1.54) is 5.56 Å². The first-order chi connectivity index (χ1) is 12.0. The molecule has 4 rings (SSSR count). The standard InChI is InChI=1S/C18H20BrN5O/c1-12(2)24-17-15(9-20-24)18(25)23-8-7-22(11-16(23)21-17)10-13-3-5-14(19)6-4-13/h3-6,9,12H,7-8,10-11H2,1-2H3. The number of hydrogen-bond acceptors (Lipinski definition) is 4. The van der Waals surface area contributed by atoms with Gasteiger partial charge in [0.2, 0.25) is 0 Å². The third kappa shape index (κ3) is 3.02. The summed E-state index contributed by atoms with van der Waals surface area (Å²) >= 11 is 3.47. The van der Waals surface area contributed by atoms with Gasteiger partial charge in [-0.1, -0.05) is 28.1 Å². The third-order valence-electron chi connectivity index (χ3n) is 4.60. The molecule has 0 unspecified atom stereocenters. The largest absolute Gasteiger partial charge is 0.294 e. The lowest BCUT2D eigenvalue weighted by molar-refractivity contribution is 0.204. The van der Waals surface area contributed by atoms with E-state index in [2.05, 4.69) is 50.2 Å². The van der Waals surface area contributed by atoms with Crippen LogP contribution in [-0.4, -0.2) is 30.8 Å². The second-order valence-corrected chi connectivity index (χ2v) is 7.66. The molecule has 130 valence electrons. The zero-order chi connectivity index (χ0) is 17.6. The SMILES string of the molecule is CC(C)n1ncc2c(=O)n3c(nc21)CN(Cc1ccc(Br)cc1)CC3. The van der Waals surface area contributed by atoms with Gasteiger partial charge >= 0.3 is 0 Å². The summed E-state index contributed by atoms with van der Waals surface area (Å²) in [5.41, 5.74) is 1.97. The van der Waals surface area contributed by atoms with Crippen molar-refractivity contribution in [1.82, 2.24) is 24.2 Å². The normalized spacial score (nSPS) is 15.0. The van der Waals surface area contributed by atoms with Crippen molar-refractivity contribution in [3.05, 3.63) is 56.7 Å². The van der Waals surface area contributed by atoms with Gasteiger partial charge in [-0.15, -0.1) is 0 Å². The van der Waals surface area contributed by atoms with Crippen molar-refractivity contribution in [2.45, 2.75) is 39.5 Å². The summed E-state index contributed by atoms with van der Waals surface area (Å²) in [4.78, 5) is 19.9. The number of rotatable bonds is 3. The molecule has 0 amide bonds. The third-order valence-corrected chi connectivity index (χ3v) is 5.13. The molecule has 0 N–H and O–H groups in total. The van der Waals surface area contributed by atoms with Crippen molar-refractivity contribution in [3.8, 4) is 0 Å². The van der Waals surface area contributed by atoms with Crippen molar-refractivity contribution in [3.63, 3.8) is 0 Å². The molecule has 0 bridgehead atoms. The van der Waals surface area contributed by atoms with Crippen LogP contribution in [0.5, 0.6) is 0 Å². The molecule has 7 heteroatoms. The molecule has 1 aliphatic heterocycles. The molecule has 1 aromatic carbocycles. The highest BCUT2D eigenvalue weighted by molar-refractivity contribution is 9.10. The first-order valence-electron chi connectivity index (χ1n) is 8.46. The lowest BCUT2D eigenvalue weighted by Gasteiger charge is -2.29. The van der Waals surface area contributed by atoms with Crippen LogP contribution in [0.2, 0.25) is 0 Å². The molecule has 0 fully saturated rings. The Morgan fingerprint density at radius 3 is 2.68 bits per heavy atom. The Kier molecular flexibility index (Phi) is 4.21. The van der Waals surface area contributed by atoms with Crippen molar-refractivity contribution < 1.29 is 0 Å². The fourth-order valence-electron chi connectivity index (χ4n) is 3.30. The van der Waals surface area contributed by atoms with Crippen LogP contribution in [0.3, 0.4) is 0 Å². The summed E-state index contributed by atoms with van der Waals surface area (Å²) in [6.07, 6.45) is 1.64. The zero-order valence-electron chi connectivity index (χ0n) is 14.3. The summed E-state index contributed by atoms with van der Waals surface area (Å²) in [5.74, 6) is 0.822. The summed E-state index contributed by atoms with van der Waals surface area (Å²) < 4.78 is 4.70. The Bertz CT molecular complexity index is 974. The van der Waals surface area contributed by atoms with Crippen molar-refractivity contribution >= 4 is 27.0 Å². The molecule has 0 saturated carbocycles. The van der Waals surface area contributed by atoms with E-state index in [0.717, 1.165) is 23.4 Å². The first-order valence-corrected chi connectivity index (χ1v) is 9.26. The molecule has 3 heterocycles. The maximum Gasteiger partial charge on any atom is 0.264 e. The molecular weight excluding hydrogens is 382 g/mol. The van der Waals surface area contributed by atoms with Crippen LogP contribution >= 0.6 is 15.9 Å². The Hall–Kier alpha value is -1.99. The van der Waals surface area contributed by atoms with Crippen LogP contribution < -0.4 is 5.56 Å². The highest BCUT2D eigenvalue weighted by Gasteiger charge is 2.22. The summed E-state index contributed by atoms with van der Waals surface area (Å²) in [5, 5.41) is 4.95. The van der Waals surface area contributed by atoms with E-state index in [1.54, 1.807) is 10.8 Å². The molecule has 3 aromatic rings. The number of benzene rings is 1. The predicted octanol–water partition coefficient (Wildman–Crippen LogP) is 2.95. The highest BCUT2D eigenvalue weighted by atomic mass is 79.9. The Morgan fingerprint density at radius 2 is 1.96 bits per heavy atom. The second-order valence-electron chi connectivity index (χ2n) is 6.74. The minimum absolute atomic E-state index is 0.0233. The molecule has 0 radical (unpaired) electrons. The minimum Gasteiger partial charge on any atom is -0.294 e. The van der Waals surface area contributed by atoms with Crippen molar-refractivity contribution in [2.75, 3.05) is 6.54 Å². The highest BCUT2D eigenvalue weighted by Crippen LogP contribution is 2.18.